The first kappa shape index (κ1) is 12.3. The van der Waals surface area contributed by atoms with Crippen LogP contribution in [-0.2, 0) is 0 Å². The summed E-state index contributed by atoms with van der Waals surface area (Å²) in [6, 6.07) is 2.35. The molecule has 0 fully saturated rings. The molecule has 2 nitrogen and oxygen atoms in total. The van der Waals surface area contributed by atoms with Crippen LogP contribution < -0.4 is 0 Å². The van der Waals surface area contributed by atoms with E-state index in [4.69, 9.17) is 11.6 Å². The van der Waals surface area contributed by atoms with Gasteiger partial charge in [0.1, 0.15) is 0 Å². The zero-order valence-corrected chi connectivity index (χ0v) is 10.6. The summed E-state index contributed by atoms with van der Waals surface area (Å²) in [6.07, 6.45) is 0.421. The maximum absolute atomic E-state index is 11.8. The van der Waals surface area contributed by atoms with E-state index in [1.807, 2.05) is 19.9 Å². The van der Waals surface area contributed by atoms with Crippen molar-refractivity contribution in [3.8, 4) is 0 Å². The van der Waals surface area contributed by atoms with Gasteiger partial charge in [0, 0.05) is 35.3 Å². The van der Waals surface area contributed by atoms with Crippen molar-refractivity contribution in [1.82, 2.24) is 4.57 Å². The Hall–Kier alpha value is -0.760. The SMILES string of the molecule is Cc1cc(C(=O)CCCl)c(C)n1C(C)C. The molecule has 1 aromatic rings. The molecule has 0 spiro atoms. The number of halogens is 1. The Morgan fingerprint density at radius 2 is 2.07 bits per heavy atom. The van der Waals surface area contributed by atoms with Crippen LogP contribution in [0.1, 0.15) is 48.1 Å². The average Bonchev–Trinajstić information content (AvgIpc) is 2.42. The first-order chi connectivity index (χ1) is 6.99. The van der Waals surface area contributed by atoms with Gasteiger partial charge in [-0.3, -0.25) is 4.79 Å². The second-order valence-electron chi connectivity index (χ2n) is 4.11. The van der Waals surface area contributed by atoms with Gasteiger partial charge >= 0.3 is 0 Å². The number of carbonyl (C=O) groups excluding carboxylic acids is 1. The summed E-state index contributed by atoms with van der Waals surface area (Å²) >= 11 is 5.58. The van der Waals surface area contributed by atoms with Gasteiger partial charge in [0.2, 0.25) is 0 Å². The van der Waals surface area contributed by atoms with Gasteiger partial charge in [-0.25, -0.2) is 0 Å². The van der Waals surface area contributed by atoms with Crippen LogP contribution >= 0.6 is 11.6 Å². The molecule has 0 amide bonds. The lowest BCUT2D eigenvalue weighted by Crippen LogP contribution is -2.07. The molecule has 0 bridgehead atoms. The summed E-state index contributed by atoms with van der Waals surface area (Å²) < 4.78 is 2.18. The van der Waals surface area contributed by atoms with Crippen LogP contribution in [-0.4, -0.2) is 16.2 Å². The molecule has 0 atom stereocenters. The number of Topliss-reactive ketones (excluding diaryl/α,β-unsaturated/α-hetero) is 1. The summed E-state index contributed by atoms with van der Waals surface area (Å²) in [7, 11) is 0. The lowest BCUT2D eigenvalue weighted by molar-refractivity contribution is 0.0988. The van der Waals surface area contributed by atoms with E-state index in [0.29, 0.717) is 18.3 Å². The molecule has 1 rings (SSSR count). The molecular formula is C12H18ClNO. The van der Waals surface area contributed by atoms with E-state index in [-0.39, 0.29) is 5.78 Å². The molecule has 0 aromatic carbocycles. The van der Waals surface area contributed by atoms with Gasteiger partial charge < -0.3 is 4.57 Å². The van der Waals surface area contributed by atoms with E-state index in [1.165, 1.54) is 0 Å². The molecular weight excluding hydrogens is 210 g/mol. The second kappa shape index (κ2) is 4.84. The topological polar surface area (TPSA) is 22.0 Å². The number of hydrogen-bond acceptors (Lipinski definition) is 1. The van der Waals surface area contributed by atoms with Gasteiger partial charge in [-0.2, -0.15) is 0 Å². The highest BCUT2D eigenvalue weighted by atomic mass is 35.5. The lowest BCUT2D eigenvalue weighted by Gasteiger charge is -2.13. The van der Waals surface area contributed by atoms with Crippen molar-refractivity contribution >= 4 is 17.4 Å². The fraction of sp³-hybridized carbons (Fsp3) is 0.583. The first-order valence-electron chi connectivity index (χ1n) is 5.26. The molecule has 1 heterocycles. The predicted molar refractivity (Wildman–Crippen MR) is 64.0 cm³/mol. The Labute approximate surface area is 96.2 Å². The van der Waals surface area contributed by atoms with Crippen LogP contribution in [0.15, 0.2) is 6.07 Å². The molecule has 3 heteroatoms. The summed E-state index contributed by atoms with van der Waals surface area (Å²) in [5.41, 5.74) is 3.01. The number of ketones is 1. The standard InChI is InChI=1S/C12H18ClNO/c1-8(2)14-9(3)7-11(10(14)4)12(15)5-6-13/h7-8H,5-6H2,1-4H3. The fourth-order valence-corrected chi connectivity index (χ4v) is 2.25. The van der Waals surface area contributed by atoms with E-state index >= 15 is 0 Å². The van der Waals surface area contributed by atoms with Crippen molar-refractivity contribution in [2.45, 2.75) is 40.2 Å². The average molecular weight is 228 g/mol. The van der Waals surface area contributed by atoms with E-state index in [1.54, 1.807) is 0 Å². The first-order valence-corrected chi connectivity index (χ1v) is 5.80. The van der Waals surface area contributed by atoms with Gasteiger partial charge in [-0.15, -0.1) is 11.6 Å². The number of aryl methyl sites for hydroxylation is 1. The van der Waals surface area contributed by atoms with Gasteiger partial charge in [-0.05, 0) is 33.8 Å². The van der Waals surface area contributed by atoms with Crippen molar-refractivity contribution in [2.24, 2.45) is 0 Å². The number of alkyl halides is 1. The molecule has 0 saturated carbocycles. The molecule has 15 heavy (non-hydrogen) atoms. The number of aromatic nitrogens is 1. The number of hydrogen-bond donors (Lipinski definition) is 0. The highest BCUT2D eigenvalue weighted by molar-refractivity contribution is 6.19. The van der Waals surface area contributed by atoms with Gasteiger partial charge in [-0.1, -0.05) is 0 Å². The van der Waals surface area contributed by atoms with E-state index in [9.17, 15) is 4.79 Å². The van der Waals surface area contributed by atoms with Crippen LogP contribution in [0.4, 0.5) is 0 Å². The Bertz CT molecular complexity index is 366. The smallest absolute Gasteiger partial charge is 0.165 e. The molecule has 0 N–H and O–H groups in total. The van der Waals surface area contributed by atoms with Crippen molar-refractivity contribution in [3.05, 3.63) is 23.0 Å². The summed E-state index contributed by atoms with van der Waals surface area (Å²) in [6.45, 7) is 8.27. The molecule has 0 aliphatic rings. The summed E-state index contributed by atoms with van der Waals surface area (Å²) in [5, 5.41) is 0. The van der Waals surface area contributed by atoms with Crippen molar-refractivity contribution in [2.75, 3.05) is 5.88 Å². The van der Waals surface area contributed by atoms with Crippen LogP contribution in [0, 0.1) is 13.8 Å². The minimum atomic E-state index is 0.144. The molecule has 0 saturated heterocycles. The van der Waals surface area contributed by atoms with Crippen LogP contribution in [0.3, 0.4) is 0 Å². The Morgan fingerprint density at radius 3 is 2.47 bits per heavy atom. The normalized spacial score (nSPS) is 11.1. The van der Waals surface area contributed by atoms with E-state index < -0.39 is 0 Å². The highest BCUT2D eigenvalue weighted by Gasteiger charge is 2.16. The molecule has 0 aliphatic heterocycles. The third kappa shape index (κ3) is 2.43. The Balaban J connectivity index is 3.12. The van der Waals surface area contributed by atoms with E-state index in [2.05, 4.69) is 18.4 Å². The molecule has 0 unspecified atom stereocenters. The van der Waals surface area contributed by atoms with Crippen LogP contribution in [0.25, 0.3) is 0 Å². The van der Waals surface area contributed by atoms with Gasteiger partial charge in [0.25, 0.3) is 0 Å². The largest absolute Gasteiger partial charge is 0.346 e. The van der Waals surface area contributed by atoms with Gasteiger partial charge in [0.05, 0.1) is 0 Å². The zero-order valence-electron chi connectivity index (χ0n) is 9.80. The van der Waals surface area contributed by atoms with Crippen molar-refractivity contribution < 1.29 is 4.79 Å². The molecule has 1 aromatic heterocycles. The van der Waals surface area contributed by atoms with Gasteiger partial charge in [0.15, 0.2) is 5.78 Å². The Kier molecular flexibility index (Phi) is 3.97. The third-order valence-electron chi connectivity index (χ3n) is 2.62. The van der Waals surface area contributed by atoms with E-state index in [0.717, 1.165) is 17.0 Å². The fourth-order valence-electron chi connectivity index (χ4n) is 2.07. The minimum Gasteiger partial charge on any atom is -0.346 e. The highest BCUT2D eigenvalue weighted by Crippen LogP contribution is 2.21. The quantitative estimate of drug-likeness (QED) is 0.570. The maximum Gasteiger partial charge on any atom is 0.165 e. The van der Waals surface area contributed by atoms with Crippen molar-refractivity contribution in [3.63, 3.8) is 0 Å². The zero-order chi connectivity index (χ0) is 11.6. The molecule has 0 aliphatic carbocycles. The molecule has 0 radical (unpaired) electrons. The maximum atomic E-state index is 11.8. The minimum absolute atomic E-state index is 0.144. The predicted octanol–water partition coefficient (Wildman–Crippen LogP) is 3.50. The number of carbonyl (C=O) groups is 1. The van der Waals surface area contributed by atoms with Crippen LogP contribution in [0.2, 0.25) is 0 Å². The summed E-state index contributed by atoms with van der Waals surface area (Å²) in [4.78, 5) is 11.8. The Morgan fingerprint density at radius 1 is 1.47 bits per heavy atom. The van der Waals surface area contributed by atoms with Crippen molar-refractivity contribution in [1.29, 1.82) is 0 Å². The lowest BCUT2D eigenvalue weighted by atomic mass is 10.1. The molecule has 84 valence electrons. The second-order valence-corrected chi connectivity index (χ2v) is 4.49. The number of nitrogens with zero attached hydrogens (tertiary/aromatic N) is 1. The monoisotopic (exact) mass is 227 g/mol. The summed E-state index contributed by atoms with van der Waals surface area (Å²) in [5.74, 6) is 0.537. The van der Waals surface area contributed by atoms with Crippen LogP contribution in [0.5, 0.6) is 0 Å². The third-order valence-corrected chi connectivity index (χ3v) is 2.81. The number of rotatable bonds is 4.